The second kappa shape index (κ2) is 9.94. The molecule has 0 amide bonds. The van der Waals surface area contributed by atoms with E-state index in [2.05, 4.69) is 67.3 Å². The number of nitrogens with one attached hydrogen (secondary N) is 1. The van der Waals surface area contributed by atoms with Crippen molar-refractivity contribution in [1.29, 1.82) is 0 Å². The van der Waals surface area contributed by atoms with E-state index in [-0.39, 0.29) is 11.3 Å². The fraction of sp³-hybridized carbons (Fsp3) is 0.231. The summed E-state index contributed by atoms with van der Waals surface area (Å²) in [6.07, 6.45) is 3.41. The van der Waals surface area contributed by atoms with Gasteiger partial charge in [-0.3, -0.25) is 10.4 Å². The van der Waals surface area contributed by atoms with Crippen LogP contribution in [-0.4, -0.2) is 11.7 Å². The molecule has 3 aromatic rings. The van der Waals surface area contributed by atoms with Gasteiger partial charge in [0.2, 0.25) is 0 Å². The predicted octanol–water partition coefficient (Wildman–Crippen LogP) is 5.30. The van der Waals surface area contributed by atoms with Crippen molar-refractivity contribution in [3.05, 3.63) is 102 Å². The topological polar surface area (TPSA) is 72.5 Å². The van der Waals surface area contributed by atoms with Crippen LogP contribution in [0.1, 0.15) is 49.1 Å². The third kappa shape index (κ3) is 5.95. The molecule has 1 heterocycles. The number of aromatic nitrogens is 1. The lowest BCUT2D eigenvalue weighted by atomic mass is 9.72. The largest absolute Gasteiger partial charge is 0.487 e. The molecule has 3 rings (SSSR count). The highest BCUT2D eigenvalue weighted by molar-refractivity contribution is 5.62. The van der Waals surface area contributed by atoms with Crippen LogP contribution in [0.4, 0.5) is 0 Å². The Balaban J connectivity index is 1.79. The van der Waals surface area contributed by atoms with Crippen molar-refractivity contribution in [2.75, 3.05) is 0 Å². The van der Waals surface area contributed by atoms with Gasteiger partial charge in [0.05, 0.1) is 11.4 Å². The van der Waals surface area contributed by atoms with Crippen molar-refractivity contribution in [1.82, 2.24) is 10.4 Å². The number of hydrogen-bond donors (Lipinski definition) is 2. The van der Waals surface area contributed by atoms with E-state index in [1.165, 1.54) is 11.1 Å². The first kappa shape index (κ1) is 22.1. The first-order valence-corrected chi connectivity index (χ1v) is 10.3. The minimum atomic E-state index is 0.0353. The molecule has 2 aromatic carbocycles. The van der Waals surface area contributed by atoms with E-state index >= 15 is 0 Å². The van der Waals surface area contributed by atoms with Crippen LogP contribution < -0.4 is 15.9 Å². The molecule has 0 saturated carbocycles. The summed E-state index contributed by atoms with van der Waals surface area (Å²) in [7, 11) is 0. The minimum Gasteiger partial charge on any atom is -0.487 e. The molecule has 0 aliphatic carbocycles. The monoisotopic (exact) mass is 414 g/mol. The van der Waals surface area contributed by atoms with E-state index in [0.717, 1.165) is 17.0 Å². The van der Waals surface area contributed by atoms with E-state index in [1.54, 1.807) is 12.4 Å². The number of nitrogens with zero attached hydrogens (tertiary/aromatic N) is 2. The Labute approximate surface area is 184 Å². The van der Waals surface area contributed by atoms with E-state index in [4.69, 9.17) is 10.5 Å². The second-order valence-corrected chi connectivity index (χ2v) is 8.49. The quantitative estimate of drug-likeness (QED) is 0.387. The normalized spacial score (nSPS) is 12.8. The molecule has 160 valence electrons. The smallest absolute Gasteiger partial charge is 0.130 e. The van der Waals surface area contributed by atoms with Crippen LogP contribution in [0.25, 0.3) is 5.70 Å². The van der Waals surface area contributed by atoms with E-state index < -0.39 is 0 Å². The highest BCUT2D eigenvalue weighted by Gasteiger charge is 2.28. The highest BCUT2D eigenvalue weighted by Crippen LogP contribution is 2.41. The highest BCUT2D eigenvalue weighted by atomic mass is 16.5. The summed E-state index contributed by atoms with van der Waals surface area (Å²) in [5, 5.41) is 3.59. The average molecular weight is 415 g/mol. The molecule has 0 radical (unpaired) electrons. The number of pyridine rings is 1. The van der Waals surface area contributed by atoms with Crippen molar-refractivity contribution in [3.63, 3.8) is 0 Å². The van der Waals surface area contributed by atoms with Gasteiger partial charge in [0.15, 0.2) is 0 Å². The van der Waals surface area contributed by atoms with E-state index in [1.807, 2.05) is 42.5 Å². The number of nitrogens with two attached hydrogens (primary N) is 1. The number of hydrazone groups is 1. The Bertz CT molecular complexity index is 1000. The molecular weight excluding hydrogens is 384 g/mol. The van der Waals surface area contributed by atoms with Gasteiger partial charge in [0, 0.05) is 25.0 Å². The van der Waals surface area contributed by atoms with E-state index in [0.29, 0.717) is 12.3 Å². The molecule has 0 fully saturated rings. The van der Waals surface area contributed by atoms with Crippen LogP contribution in [0, 0.1) is 5.41 Å². The van der Waals surface area contributed by atoms with Crippen LogP contribution >= 0.6 is 0 Å². The molecule has 1 unspecified atom stereocenters. The third-order valence-corrected chi connectivity index (χ3v) is 5.08. The van der Waals surface area contributed by atoms with Gasteiger partial charge < -0.3 is 10.5 Å². The Hall–Kier alpha value is -3.60. The summed E-state index contributed by atoms with van der Waals surface area (Å²) in [4.78, 5) is 4.30. The van der Waals surface area contributed by atoms with Gasteiger partial charge in [-0.2, -0.15) is 5.10 Å². The maximum absolute atomic E-state index is 6.08. The lowest BCUT2D eigenvalue weighted by Crippen LogP contribution is -2.19. The number of hydrogen-bond acceptors (Lipinski definition) is 5. The fourth-order valence-corrected chi connectivity index (χ4v) is 3.66. The molecule has 0 aliphatic rings. The molecular formula is C26H30N4O. The van der Waals surface area contributed by atoms with Crippen LogP contribution in [0.5, 0.6) is 5.75 Å². The summed E-state index contributed by atoms with van der Waals surface area (Å²) >= 11 is 0. The number of ether oxygens (including phenoxy) is 1. The second-order valence-electron chi connectivity index (χ2n) is 8.49. The molecule has 5 nitrogen and oxygen atoms in total. The third-order valence-electron chi connectivity index (χ3n) is 5.08. The molecule has 1 atom stereocenters. The molecule has 1 aromatic heterocycles. The van der Waals surface area contributed by atoms with E-state index in [9.17, 15) is 0 Å². The molecule has 5 heteroatoms. The maximum Gasteiger partial charge on any atom is 0.130 e. The Kier molecular flexibility index (Phi) is 7.08. The number of benzene rings is 2. The Morgan fingerprint density at radius 3 is 2.26 bits per heavy atom. The van der Waals surface area contributed by atoms with Gasteiger partial charge in [-0.25, -0.2) is 0 Å². The average Bonchev–Trinajstić information content (AvgIpc) is 2.77. The van der Waals surface area contributed by atoms with Crippen molar-refractivity contribution in [2.24, 2.45) is 16.3 Å². The van der Waals surface area contributed by atoms with Gasteiger partial charge in [-0.15, -0.1) is 0 Å². The molecule has 31 heavy (non-hydrogen) atoms. The van der Waals surface area contributed by atoms with Crippen molar-refractivity contribution >= 4 is 12.4 Å². The van der Waals surface area contributed by atoms with Crippen LogP contribution in [0.15, 0.2) is 84.2 Å². The molecule has 0 aliphatic heterocycles. The standard InChI is InChI=1S/C26H30N4O/c1-26(2,3)25(20-10-8-19(9-11-20)24(27)17-30-28-4)21-12-14-23(15-13-21)31-18-22-7-5-6-16-29-22/h5-17,25,30H,4,18,27H2,1-3H3/b24-17-. The van der Waals surface area contributed by atoms with Gasteiger partial charge in [-0.05, 0) is 46.4 Å². The van der Waals surface area contributed by atoms with Gasteiger partial charge in [0.25, 0.3) is 0 Å². The first-order valence-electron chi connectivity index (χ1n) is 10.3. The van der Waals surface area contributed by atoms with Crippen LogP contribution in [0.3, 0.4) is 0 Å². The summed E-state index contributed by atoms with van der Waals surface area (Å²) in [5.41, 5.74) is 13.7. The van der Waals surface area contributed by atoms with Crippen molar-refractivity contribution in [2.45, 2.75) is 33.3 Å². The molecule has 0 bridgehead atoms. The summed E-state index contributed by atoms with van der Waals surface area (Å²) in [6, 6.07) is 22.5. The molecule has 0 saturated heterocycles. The lowest BCUT2D eigenvalue weighted by molar-refractivity contribution is 0.301. The zero-order valence-electron chi connectivity index (χ0n) is 18.4. The minimum absolute atomic E-state index is 0.0353. The maximum atomic E-state index is 6.08. The van der Waals surface area contributed by atoms with Gasteiger partial charge in [-0.1, -0.05) is 63.2 Å². The summed E-state index contributed by atoms with van der Waals surface area (Å²) < 4.78 is 5.89. The van der Waals surface area contributed by atoms with Gasteiger partial charge >= 0.3 is 0 Å². The van der Waals surface area contributed by atoms with Gasteiger partial charge in [0.1, 0.15) is 12.4 Å². The first-order chi connectivity index (χ1) is 14.9. The van der Waals surface area contributed by atoms with Crippen LogP contribution in [0.2, 0.25) is 0 Å². The summed E-state index contributed by atoms with van der Waals surface area (Å²) in [6.45, 7) is 10.6. The lowest BCUT2D eigenvalue weighted by Gasteiger charge is -2.32. The van der Waals surface area contributed by atoms with Crippen molar-refractivity contribution < 1.29 is 4.74 Å². The summed E-state index contributed by atoms with van der Waals surface area (Å²) in [5.74, 6) is 1.06. The Morgan fingerprint density at radius 1 is 1.06 bits per heavy atom. The zero-order chi connectivity index (χ0) is 22.3. The zero-order valence-corrected chi connectivity index (χ0v) is 18.4. The predicted molar refractivity (Wildman–Crippen MR) is 128 cm³/mol. The van der Waals surface area contributed by atoms with Crippen LogP contribution in [-0.2, 0) is 6.61 Å². The number of rotatable bonds is 8. The molecule has 3 N–H and O–H groups in total. The van der Waals surface area contributed by atoms with Crippen molar-refractivity contribution in [3.8, 4) is 5.75 Å². The SMILES string of the molecule is C=NN/C=C(\N)c1ccc(C(c2ccc(OCc3ccccn3)cc2)C(C)(C)C)cc1. The molecule has 0 spiro atoms. The fourth-order valence-electron chi connectivity index (χ4n) is 3.66. The Morgan fingerprint density at radius 2 is 1.71 bits per heavy atom.